The Bertz CT molecular complexity index is 239. The fourth-order valence-corrected chi connectivity index (χ4v) is 2.04. The summed E-state index contributed by atoms with van der Waals surface area (Å²) in [6, 6.07) is 0. The van der Waals surface area contributed by atoms with Crippen molar-refractivity contribution >= 4 is 5.97 Å². The predicted octanol–water partition coefficient (Wildman–Crippen LogP) is 2.25. The summed E-state index contributed by atoms with van der Waals surface area (Å²) in [6.07, 6.45) is 5.18. The van der Waals surface area contributed by atoms with Crippen molar-refractivity contribution < 1.29 is 14.3 Å². The molecule has 0 amide bonds. The third-order valence-electron chi connectivity index (χ3n) is 3.14. The van der Waals surface area contributed by atoms with Gasteiger partial charge >= 0.3 is 5.97 Å². The summed E-state index contributed by atoms with van der Waals surface area (Å²) >= 11 is 0. The molecular weight excluding hydrogens is 180 g/mol. The molecule has 0 radical (unpaired) electrons. The van der Waals surface area contributed by atoms with Gasteiger partial charge in [0.05, 0.1) is 12.0 Å². The van der Waals surface area contributed by atoms with Gasteiger partial charge in [-0.25, -0.2) is 0 Å². The van der Waals surface area contributed by atoms with Crippen LogP contribution in [0.5, 0.6) is 0 Å². The summed E-state index contributed by atoms with van der Waals surface area (Å²) in [5, 5.41) is 0. The van der Waals surface area contributed by atoms with E-state index in [1.54, 1.807) is 0 Å². The van der Waals surface area contributed by atoms with Gasteiger partial charge in [0.1, 0.15) is 0 Å². The van der Waals surface area contributed by atoms with Gasteiger partial charge in [-0.05, 0) is 26.7 Å². The zero-order chi connectivity index (χ0) is 10.2. The monoisotopic (exact) mass is 198 g/mol. The lowest BCUT2D eigenvalue weighted by atomic mass is 9.89. The van der Waals surface area contributed by atoms with Crippen LogP contribution in [-0.2, 0) is 14.3 Å². The van der Waals surface area contributed by atoms with E-state index in [9.17, 15) is 4.79 Å². The highest BCUT2D eigenvalue weighted by atomic mass is 16.7. The maximum Gasteiger partial charge on any atom is 0.316 e. The van der Waals surface area contributed by atoms with Crippen LogP contribution in [0.4, 0.5) is 0 Å². The molecule has 0 aromatic carbocycles. The molecule has 0 unspecified atom stereocenters. The van der Waals surface area contributed by atoms with E-state index in [0.717, 1.165) is 25.7 Å². The Balaban J connectivity index is 2.07. The largest absolute Gasteiger partial charge is 0.433 e. The molecule has 0 aromatic rings. The molecule has 0 aromatic heterocycles. The van der Waals surface area contributed by atoms with Crippen LogP contribution in [0.3, 0.4) is 0 Å². The van der Waals surface area contributed by atoms with E-state index in [1.165, 1.54) is 6.42 Å². The Morgan fingerprint density at radius 2 is 1.79 bits per heavy atom. The van der Waals surface area contributed by atoms with Crippen molar-refractivity contribution in [1.29, 1.82) is 0 Å². The van der Waals surface area contributed by atoms with Crippen LogP contribution in [0, 0.1) is 5.41 Å². The molecule has 1 aliphatic carbocycles. The average Bonchev–Trinajstić information content (AvgIpc) is 2.15. The Hall–Kier alpha value is -0.570. The third-order valence-corrected chi connectivity index (χ3v) is 3.14. The first-order chi connectivity index (χ1) is 6.54. The highest BCUT2D eigenvalue weighted by molar-refractivity contribution is 5.77. The van der Waals surface area contributed by atoms with Gasteiger partial charge in [0.2, 0.25) is 5.79 Å². The average molecular weight is 198 g/mol. The number of carbonyl (C=O) groups is 1. The maximum absolute atomic E-state index is 11.7. The van der Waals surface area contributed by atoms with E-state index in [-0.39, 0.29) is 5.97 Å². The smallest absolute Gasteiger partial charge is 0.316 e. The molecule has 1 spiro atoms. The summed E-state index contributed by atoms with van der Waals surface area (Å²) in [6.45, 7) is 4.22. The minimum absolute atomic E-state index is 0.106. The Labute approximate surface area is 84.8 Å². The lowest BCUT2D eigenvalue weighted by molar-refractivity contribution is -0.285. The fraction of sp³-hybridized carbons (Fsp3) is 0.909. The van der Waals surface area contributed by atoms with Crippen molar-refractivity contribution in [2.24, 2.45) is 5.41 Å². The Kier molecular flexibility index (Phi) is 2.30. The molecule has 1 aliphatic heterocycles. The first kappa shape index (κ1) is 9.97. The highest BCUT2D eigenvalue weighted by Gasteiger charge is 2.47. The molecule has 0 bridgehead atoms. The first-order valence-corrected chi connectivity index (χ1v) is 5.42. The van der Waals surface area contributed by atoms with Crippen molar-refractivity contribution in [1.82, 2.24) is 0 Å². The van der Waals surface area contributed by atoms with Crippen LogP contribution in [0.1, 0.15) is 46.0 Å². The molecule has 2 fully saturated rings. The van der Waals surface area contributed by atoms with Gasteiger partial charge in [0.25, 0.3) is 0 Å². The van der Waals surface area contributed by atoms with E-state index >= 15 is 0 Å². The molecule has 3 heteroatoms. The van der Waals surface area contributed by atoms with Crippen molar-refractivity contribution in [3.63, 3.8) is 0 Å². The quantitative estimate of drug-likeness (QED) is 0.560. The molecule has 1 saturated carbocycles. The van der Waals surface area contributed by atoms with Crippen molar-refractivity contribution in [2.45, 2.75) is 51.7 Å². The van der Waals surface area contributed by atoms with Crippen LogP contribution >= 0.6 is 0 Å². The summed E-state index contributed by atoms with van der Waals surface area (Å²) in [7, 11) is 0. The van der Waals surface area contributed by atoms with Crippen molar-refractivity contribution in [3.05, 3.63) is 0 Å². The topological polar surface area (TPSA) is 35.5 Å². The first-order valence-electron chi connectivity index (χ1n) is 5.42. The lowest BCUT2D eigenvalue weighted by Gasteiger charge is -2.44. The second-order valence-electron chi connectivity index (χ2n) is 5.03. The van der Waals surface area contributed by atoms with Crippen LogP contribution in [-0.4, -0.2) is 18.4 Å². The standard InChI is InChI=1S/C11H18O3/c1-10(2)8-13-11(14-9(10)12)6-4-3-5-7-11/h3-8H2,1-2H3. The lowest BCUT2D eigenvalue weighted by Crippen LogP contribution is -2.51. The number of rotatable bonds is 0. The number of carbonyl (C=O) groups excluding carboxylic acids is 1. The third kappa shape index (κ3) is 1.65. The zero-order valence-electron chi connectivity index (χ0n) is 8.97. The molecule has 0 N–H and O–H groups in total. The van der Waals surface area contributed by atoms with E-state index in [2.05, 4.69) is 0 Å². The van der Waals surface area contributed by atoms with Gasteiger partial charge in [0.15, 0.2) is 0 Å². The van der Waals surface area contributed by atoms with E-state index in [0.29, 0.717) is 6.61 Å². The van der Waals surface area contributed by atoms with E-state index in [4.69, 9.17) is 9.47 Å². The van der Waals surface area contributed by atoms with Crippen LogP contribution in [0.15, 0.2) is 0 Å². The van der Waals surface area contributed by atoms with Gasteiger partial charge in [-0.1, -0.05) is 6.42 Å². The fourth-order valence-electron chi connectivity index (χ4n) is 2.04. The van der Waals surface area contributed by atoms with Crippen molar-refractivity contribution in [2.75, 3.05) is 6.61 Å². The second kappa shape index (κ2) is 3.23. The molecule has 3 nitrogen and oxygen atoms in total. The normalized spacial score (nSPS) is 30.0. The zero-order valence-corrected chi connectivity index (χ0v) is 8.97. The highest BCUT2D eigenvalue weighted by Crippen LogP contribution is 2.39. The van der Waals surface area contributed by atoms with Gasteiger partial charge < -0.3 is 9.47 Å². The van der Waals surface area contributed by atoms with Crippen LogP contribution < -0.4 is 0 Å². The number of esters is 1. The van der Waals surface area contributed by atoms with Gasteiger partial charge in [-0.3, -0.25) is 4.79 Å². The van der Waals surface area contributed by atoms with Gasteiger partial charge in [-0.2, -0.15) is 0 Å². The summed E-state index contributed by atoms with van der Waals surface area (Å²) < 4.78 is 11.2. The van der Waals surface area contributed by atoms with Gasteiger partial charge in [0, 0.05) is 12.8 Å². The molecular formula is C11H18O3. The van der Waals surface area contributed by atoms with E-state index < -0.39 is 11.2 Å². The minimum Gasteiger partial charge on any atom is -0.433 e. The molecule has 2 aliphatic rings. The number of ether oxygens (including phenoxy) is 2. The molecule has 0 atom stereocenters. The molecule has 2 rings (SSSR count). The number of hydrogen-bond donors (Lipinski definition) is 0. The maximum atomic E-state index is 11.7. The second-order valence-corrected chi connectivity index (χ2v) is 5.03. The molecule has 1 saturated heterocycles. The SMILES string of the molecule is CC1(C)COC2(CCCCC2)OC1=O. The number of hydrogen-bond acceptors (Lipinski definition) is 3. The van der Waals surface area contributed by atoms with Crippen LogP contribution in [0.25, 0.3) is 0 Å². The summed E-state index contributed by atoms with van der Waals surface area (Å²) in [5.74, 6) is -0.671. The molecule has 1 heterocycles. The molecule has 14 heavy (non-hydrogen) atoms. The van der Waals surface area contributed by atoms with Crippen LogP contribution in [0.2, 0.25) is 0 Å². The van der Waals surface area contributed by atoms with E-state index in [1.807, 2.05) is 13.8 Å². The molecule has 80 valence electrons. The minimum atomic E-state index is -0.565. The van der Waals surface area contributed by atoms with Gasteiger partial charge in [-0.15, -0.1) is 0 Å². The Morgan fingerprint density at radius 3 is 2.36 bits per heavy atom. The predicted molar refractivity (Wildman–Crippen MR) is 51.6 cm³/mol. The van der Waals surface area contributed by atoms with Crippen molar-refractivity contribution in [3.8, 4) is 0 Å². The summed E-state index contributed by atoms with van der Waals surface area (Å²) in [4.78, 5) is 11.7. The summed E-state index contributed by atoms with van der Waals surface area (Å²) in [5.41, 5.74) is -0.470. The Morgan fingerprint density at radius 1 is 1.14 bits per heavy atom.